The summed E-state index contributed by atoms with van der Waals surface area (Å²) in [5.41, 5.74) is 2.88. The zero-order chi connectivity index (χ0) is 18.4. The number of amides is 1. The Bertz CT molecular complexity index is 859. The maximum absolute atomic E-state index is 12.2. The molecule has 26 heavy (non-hydrogen) atoms. The highest BCUT2D eigenvalue weighted by atomic mass is 16.5. The molecule has 0 fully saturated rings. The van der Waals surface area contributed by atoms with Crippen LogP contribution in [-0.2, 0) is 17.8 Å². The van der Waals surface area contributed by atoms with Crippen LogP contribution < -0.4 is 14.8 Å². The second-order valence-corrected chi connectivity index (χ2v) is 5.76. The smallest absolute Gasteiger partial charge is 0.224 e. The minimum atomic E-state index is -0.0478. The van der Waals surface area contributed by atoms with E-state index in [0.29, 0.717) is 18.0 Å². The molecule has 3 aromatic rings. The molecule has 0 bridgehead atoms. The van der Waals surface area contributed by atoms with E-state index >= 15 is 0 Å². The van der Waals surface area contributed by atoms with Crippen molar-refractivity contribution in [2.24, 2.45) is 0 Å². The molecule has 2 aromatic carbocycles. The summed E-state index contributed by atoms with van der Waals surface area (Å²) in [6, 6.07) is 15.3. The molecular formula is C20H21N3O3. The molecular weight excluding hydrogens is 330 g/mol. The summed E-state index contributed by atoms with van der Waals surface area (Å²) in [4.78, 5) is 12.2. The van der Waals surface area contributed by atoms with Crippen molar-refractivity contribution in [3.05, 3.63) is 72.1 Å². The molecule has 0 aliphatic carbocycles. The van der Waals surface area contributed by atoms with Crippen LogP contribution in [0.3, 0.4) is 0 Å². The summed E-state index contributed by atoms with van der Waals surface area (Å²) >= 11 is 0. The Hall–Kier alpha value is -3.28. The first-order valence-electron chi connectivity index (χ1n) is 8.26. The summed E-state index contributed by atoms with van der Waals surface area (Å²) in [6.45, 7) is 0.478. The molecule has 0 saturated heterocycles. The Morgan fingerprint density at radius 1 is 1.04 bits per heavy atom. The zero-order valence-electron chi connectivity index (χ0n) is 14.8. The van der Waals surface area contributed by atoms with Gasteiger partial charge >= 0.3 is 0 Å². The van der Waals surface area contributed by atoms with Crippen LogP contribution in [0.4, 0.5) is 0 Å². The lowest BCUT2D eigenvalue weighted by Crippen LogP contribution is -2.24. The predicted molar refractivity (Wildman–Crippen MR) is 98.7 cm³/mol. The van der Waals surface area contributed by atoms with Crippen molar-refractivity contribution in [2.75, 3.05) is 14.2 Å². The van der Waals surface area contributed by atoms with Crippen LogP contribution in [0.5, 0.6) is 11.5 Å². The fourth-order valence-electron chi connectivity index (χ4n) is 2.63. The van der Waals surface area contributed by atoms with E-state index in [-0.39, 0.29) is 12.3 Å². The number of aromatic nitrogens is 2. The largest absolute Gasteiger partial charge is 0.493 e. The van der Waals surface area contributed by atoms with Crippen LogP contribution in [0.2, 0.25) is 0 Å². The number of nitrogens with zero attached hydrogens (tertiary/aromatic N) is 2. The van der Waals surface area contributed by atoms with Gasteiger partial charge in [0.1, 0.15) is 0 Å². The van der Waals surface area contributed by atoms with E-state index in [1.165, 1.54) is 0 Å². The lowest BCUT2D eigenvalue weighted by molar-refractivity contribution is -0.120. The number of nitrogens with one attached hydrogen (secondary N) is 1. The maximum atomic E-state index is 12.2. The fraction of sp³-hybridized carbons (Fsp3) is 0.200. The van der Waals surface area contributed by atoms with E-state index in [4.69, 9.17) is 9.47 Å². The first kappa shape index (κ1) is 17.5. The van der Waals surface area contributed by atoms with Crippen molar-refractivity contribution in [3.63, 3.8) is 0 Å². The predicted octanol–water partition coefficient (Wildman–Crippen LogP) is 2.75. The van der Waals surface area contributed by atoms with Gasteiger partial charge in [0.15, 0.2) is 11.5 Å². The van der Waals surface area contributed by atoms with Gasteiger partial charge in [0.2, 0.25) is 5.91 Å². The van der Waals surface area contributed by atoms with E-state index in [1.54, 1.807) is 31.2 Å². The second-order valence-electron chi connectivity index (χ2n) is 5.76. The van der Waals surface area contributed by atoms with Gasteiger partial charge in [0, 0.05) is 18.9 Å². The van der Waals surface area contributed by atoms with Gasteiger partial charge in [-0.3, -0.25) is 4.79 Å². The number of hydrogen-bond donors (Lipinski definition) is 1. The lowest BCUT2D eigenvalue weighted by atomic mass is 10.1. The van der Waals surface area contributed by atoms with E-state index in [2.05, 4.69) is 10.4 Å². The van der Waals surface area contributed by atoms with E-state index in [0.717, 1.165) is 16.8 Å². The second kappa shape index (κ2) is 8.20. The standard InChI is InChI=1S/C20H21N3O3/c1-25-18-9-6-16(12-19(18)26-2)13-20(24)21-14-15-4-7-17(8-5-15)23-11-3-10-22-23/h3-12H,13-14H2,1-2H3,(H,21,24). The Morgan fingerprint density at radius 3 is 2.42 bits per heavy atom. The van der Waals surface area contributed by atoms with Crippen LogP contribution in [0.25, 0.3) is 5.69 Å². The zero-order valence-corrected chi connectivity index (χ0v) is 14.8. The van der Waals surface area contributed by atoms with Crippen molar-refractivity contribution >= 4 is 5.91 Å². The maximum Gasteiger partial charge on any atom is 0.224 e. The number of rotatable bonds is 7. The van der Waals surface area contributed by atoms with E-state index < -0.39 is 0 Å². The van der Waals surface area contributed by atoms with Crippen LogP contribution in [0.15, 0.2) is 60.9 Å². The highest BCUT2D eigenvalue weighted by molar-refractivity contribution is 5.78. The molecule has 0 saturated carbocycles. The molecule has 134 valence electrons. The number of methoxy groups -OCH3 is 2. The lowest BCUT2D eigenvalue weighted by Gasteiger charge is -2.10. The average molecular weight is 351 g/mol. The number of hydrogen-bond acceptors (Lipinski definition) is 4. The molecule has 1 N–H and O–H groups in total. The molecule has 0 aliphatic rings. The molecule has 6 heteroatoms. The minimum absolute atomic E-state index is 0.0478. The molecule has 1 amide bonds. The van der Waals surface area contributed by atoms with Crippen LogP contribution >= 0.6 is 0 Å². The highest BCUT2D eigenvalue weighted by Crippen LogP contribution is 2.27. The molecule has 0 atom stereocenters. The summed E-state index contributed by atoms with van der Waals surface area (Å²) in [7, 11) is 3.16. The normalized spacial score (nSPS) is 10.4. The third kappa shape index (κ3) is 4.22. The first-order chi connectivity index (χ1) is 12.7. The van der Waals surface area contributed by atoms with Crippen LogP contribution in [-0.4, -0.2) is 29.9 Å². The Kier molecular flexibility index (Phi) is 5.53. The Labute approximate surface area is 152 Å². The fourth-order valence-corrected chi connectivity index (χ4v) is 2.63. The Morgan fingerprint density at radius 2 is 1.77 bits per heavy atom. The van der Waals surface area contributed by atoms with Crippen molar-refractivity contribution in [3.8, 4) is 17.2 Å². The van der Waals surface area contributed by atoms with Crippen molar-refractivity contribution < 1.29 is 14.3 Å². The topological polar surface area (TPSA) is 65.4 Å². The Balaban J connectivity index is 1.55. The molecule has 0 unspecified atom stereocenters. The van der Waals surface area contributed by atoms with E-state index in [1.807, 2.05) is 48.7 Å². The van der Waals surface area contributed by atoms with Crippen molar-refractivity contribution in [1.29, 1.82) is 0 Å². The van der Waals surface area contributed by atoms with Gasteiger partial charge in [-0.1, -0.05) is 18.2 Å². The third-order valence-electron chi connectivity index (χ3n) is 4.01. The summed E-state index contributed by atoms with van der Waals surface area (Å²) in [6.07, 6.45) is 3.91. The molecule has 3 rings (SSSR count). The number of ether oxygens (including phenoxy) is 2. The summed E-state index contributed by atoms with van der Waals surface area (Å²) in [5, 5.41) is 7.13. The molecule has 0 spiro atoms. The summed E-state index contributed by atoms with van der Waals surface area (Å²) in [5.74, 6) is 1.22. The van der Waals surface area contributed by atoms with Gasteiger partial charge in [-0.15, -0.1) is 0 Å². The SMILES string of the molecule is COc1ccc(CC(=O)NCc2ccc(-n3cccn3)cc2)cc1OC. The van der Waals surface area contributed by atoms with Gasteiger partial charge < -0.3 is 14.8 Å². The number of carbonyl (C=O) groups is 1. The van der Waals surface area contributed by atoms with Crippen molar-refractivity contribution in [2.45, 2.75) is 13.0 Å². The van der Waals surface area contributed by atoms with Crippen LogP contribution in [0.1, 0.15) is 11.1 Å². The third-order valence-corrected chi connectivity index (χ3v) is 4.01. The first-order valence-corrected chi connectivity index (χ1v) is 8.26. The molecule has 0 aliphatic heterocycles. The minimum Gasteiger partial charge on any atom is -0.493 e. The highest BCUT2D eigenvalue weighted by Gasteiger charge is 2.08. The van der Waals surface area contributed by atoms with Crippen molar-refractivity contribution in [1.82, 2.24) is 15.1 Å². The molecule has 6 nitrogen and oxygen atoms in total. The number of benzene rings is 2. The quantitative estimate of drug-likeness (QED) is 0.711. The van der Waals surface area contributed by atoms with Gasteiger partial charge in [-0.2, -0.15) is 5.10 Å². The summed E-state index contributed by atoms with van der Waals surface area (Å²) < 4.78 is 12.3. The molecule has 0 radical (unpaired) electrons. The van der Waals surface area contributed by atoms with Gasteiger partial charge in [0.25, 0.3) is 0 Å². The monoisotopic (exact) mass is 351 g/mol. The molecule has 1 aromatic heterocycles. The van der Waals surface area contributed by atoms with E-state index in [9.17, 15) is 4.79 Å². The molecule has 1 heterocycles. The number of carbonyl (C=O) groups excluding carboxylic acids is 1. The van der Waals surface area contributed by atoms with Gasteiger partial charge in [-0.05, 0) is 41.5 Å². The average Bonchev–Trinajstić information content (AvgIpc) is 3.21. The van der Waals surface area contributed by atoms with Gasteiger partial charge in [-0.25, -0.2) is 4.68 Å². The van der Waals surface area contributed by atoms with Gasteiger partial charge in [0.05, 0.1) is 26.3 Å². The van der Waals surface area contributed by atoms with Crippen LogP contribution in [0, 0.1) is 0 Å².